The molecule has 0 aliphatic heterocycles. The van der Waals surface area contributed by atoms with Crippen molar-refractivity contribution in [2.75, 3.05) is 6.61 Å². The number of rotatable bonds is 10. The van der Waals surface area contributed by atoms with E-state index in [0.717, 1.165) is 31.2 Å². The smallest absolute Gasteiger partial charge is 0.242 e. The first-order valence-corrected chi connectivity index (χ1v) is 11.9. The van der Waals surface area contributed by atoms with Gasteiger partial charge >= 0.3 is 0 Å². The Labute approximate surface area is 200 Å². The zero-order chi connectivity index (χ0) is 22.9. The van der Waals surface area contributed by atoms with Crippen molar-refractivity contribution in [3.63, 3.8) is 0 Å². The van der Waals surface area contributed by atoms with Gasteiger partial charge in [-0.15, -0.1) is 0 Å². The van der Waals surface area contributed by atoms with Crippen LogP contribution in [0.2, 0.25) is 10.0 Å². The van der Waals surface area contributed by atoms with E-state index < -0.39 is 6.04 Å². The second-order valence-corrected chi connectivity index (χ2v) is 9.09. The van der Waals surface area contributed by atoms with Crippen molar-refractivity contribution in [2.24, 2.45) is 0 Å². The highest BCUT2D eigenvalue weighted by atomic mass is 35.5. The minimum atomic E-state index is -0.559. The molecular formula is C25H30Cl2N2O3. The molecule has 1 saturated carbocycles. The van der Waals surface area contributed by atoms with Crippen LogP contribution >= 0.6 is 23.2 Å². The summed E-state index contributed by atoms with van der Waals surface area (Å²) in [5, 5.41) is 4.40. The highest BCUT2D eigenvalue weighted by Crippen LogP contribution is 2.20. The SMILES string of the molecule is CC(C(=O)NC1CCCC1)N(Cc1ccc(Cl)cc1)C(=O)CCCOc1ccc(Cl)cc1. The van der Waals surface area contributed by atoms with Gasteiger partial charge in [0.15, 0.2) is 0 Å². The van der Waals surface area contributed by atoms with Crippen LogP contribution in [0.25, 0.3) is 0 Å². The van der Waals surface area contributed by atoms with Gasteiger partial charge in [-0.25, -0.2) is 0 Å². The van der Waals surface area contributed by atoms with Crippen molar-refractivity contribution >= 4 is 35.0 Å². The van der Waals surface area contributed by atoms with Gasteiger partial charge in [-0.2, -0.15) is 0 Å². The van der Waals surface area contributed by atoms with Gasteiger partial charge in [0.1, 0.15) is 11.8 Å². The summed E-state index contributed by atoms with van der Waals surface area (Å²) in [5.74, 6) is 0.537. The van der Waals surface area contributed by atoms with Crippen LogP contribution < -0.4 is 10.1 Å². The van der Waals surface area contributed by atoms with Gasteiger partial charge in [-0.3, -0.25) is 9.59 Å². The average Bonchev–Trinajstić information content (AvgIpc) is 3.30. The van der Waals surface area contributed by atoms with Gasteiger partial charge in [0, 0.05) is 29.1 Å². The molecule has 2 aromatic carbocycles. The Morgan fingerprint density at radius 2 is 1.62 bits per heavy atom. The fourth-order valence-corrected chi connectivity index (χ4v) is 4.10. The molecule has 1 unspecified atom stereocenters. The molecule has 32 heavy (non-hydrogen) atoms. The van der Waals surface area contributed by atoms with E-state index in [4.69, 9.17) is 27.9 Å². The zero-order valence-corrected chi connectivity index (χ0v) is 19.9. The molecule has 1 fully saturated rings. The number of halogens is 2. The minimum Gasteiger partial charge on any atom is -0.494 e. The molecule has 0 aromatic heterocycles. The molecule has 2 amide bonds. The minimum absolute atomic E-state index is 0.0753. The zero-order valence-electron chi connectivity index (χ0n) is 18.4. The Balaban J connectivity index is 1.59. The average molecular weight is 477 g/mol. The first kappa shape index (κ1) is 24.4. The molecule has 1 aliphatic carbocycles. The van der Waals surface area contributed by atoms with Crippen LogP contribution in [-0.2, 0) is 16.1 Å². The van der Waals surface area contributed by atoms with Gasteiger partial charge < -0.3 is 15.0 Å². The van der Waals surface area contributed by atoms with E-state index in [1.165, 1.54) is 0 Å². The lowest BCUT2D eigenvalue weighted by atomic mass is 10.1. The van der Waals surface area contributed by atoms with E-state index in [1.807, 2.05) is 12.1 Å². The van der Waals surface area contributed by atoms with Crippen LogP contribution in [0.5, 0.6) is 5.75 Å². The van der Waals surface area contributed by atoms with Crippen LogP contribution in [-0.4, -0.2) is 35.4 Å². The first-order chi connectivity index (χ1) is 15.4. The van der Waals surface area contributed by atoms with Crippen LogP contribution in [0.15, 0.2) is 48.5 Å². The molecule has 1 N–H and O–H groups in total. The van der Waals surface area contributed by atoms with E-state index in [-0.39, 0.29) is 17.9 Å². The number of carbonyl (C=O) groups excluding carboxylic acids is 2. The number of benzene rings is 2. The van der Waals surface area contributed by atoms with Gasteiger partial charge in [0.2, 0.25) is 11.8 Å². The van der Waals surface area contributed by atoms with Crippen molar-refractivity contribution in [3.05, 3.63) is 64.1 Å². The number of nitrogens with zero attached hydrogens (tertiary/aromatic N) is 1. The number of amides is 2. The molecule has 0 saturated heterocycles. The Morgan fingerprint density at radius 1 is 1.03 bits per heavy atom. The van der Waals surface area contributed by atoms with Gasteiger partial charge in [-0.1, -0.05) is 48.2 Å². The third-order valence-corrected chi connectivity index (χ3v) is 6.26. The van der Waals surface area contributed by atoms with Gasteiger partial charge in [0.25, 0.3) is 0 Å². The quantitative estimate of drug-likeness (QED) is 0.452. The molecular weight excluding hydrogens is 447 g/mol. The maximum atomic E-state index is 13.1. The lowest BCUT2D eigenvalue weighted by Crippen LogP contribution is -2.49. The maximum absolute atomic E-state index is 13.1. The number of hydrogen-bond donors (Lipinski definition) is 1. The fourth-order valence-electron chi connectivity index (χ4n) is 3.85. The largest absolute Gasteiger partial charge is 0.494 e. The summed E-state index contributed by atoms with van der Waals surface area (Å²) in [6, 6.07) is 14.1. The third kappa shape index (κ3) is 7.42. The van der Waals surface area contributed by atoms with Crippen LogP contribution in [0.3, 0.4) is 0 Å². The molecule has 0 heterocycles. The normalized spacial score (nSPS) is 14.7. The molecule has 1 aliphatic rings. The topological polar surface area (TPSA) is 58.6 Å². The predicted molar refractivity (Wildman–Crippen MR) is 128 cm³/mol. The van der Waals surface area contributed by atoms with Crippen LogP contribution in [0.4, 0.5) is 0 Å². The molecule has 0 bridgehead atoms. The van der Waals surface area contributed by atoms with E-state index in [9.17, 15) is 9.59 Å². The third-order valence-electron chi connectivity index (χ3n) is 5.75. The van der Waals surface area contributed by atoms with E-state index in [1.54, 1.807) is 48.2 Å². The van der Waals surface area contributed by atoms with Crippen molar-refractivity contribution in [3.8, 4) is 5.75 Å². The summed E-state index contributed by atoms with van der Waals surface area (Å²) in [5.41, 5.74) is 0.931. The van der Waals surface area contributed by atoms with Crippen molar-refractivity contribution in [1.82, 2.24) is 10.2 Å². The highest BCUT2D eigenvalue weighted by Gasteiger charge is 2.28. The lowest BCUT2D eigenvalue weighted by Gasteiger charge is -2.30. The fraction of sp³-hybridized carbons (Fsp3) is 0.440. The van der Waals surface area contributed by atoms with Crippen molar-refractivity contribution < 1.29 is 14.3 Å². The molecule has 1 atom stereocenters. The molecule has 3 rings (SSSR count). The van der Waals surface area contributed by atoms with E-state index >= 15 is 0 Å². The van der Waals surface area contributed by atoms with Crippen LogP contribution in [0.1, 0.15) is 51.0 Å². The molecule has 0 spiro atoms. The Bertz CT molecular complexity index is 881. The van der Waals surface area contributed by atoms with E-state index in [2.05, 4.69) is 5.32 Å². The molecule has 172 valence electrons. The number of carbonyl (C=O) groups is 2. The molecule has 7 heteroatoms. The second kappa shape index (κ2) is 12.1. The summed E-state index contributed by atoms with van der Waals surface area (Å²) in [4.78, 5) is 27.6. The van der Waals surface area contributed by atoms with Crippen LogP contribution in [0, 0.1) is 0 Å². The Kier molecular flexibility index (Phi) is 9.24. The summed E-state index contributed by atoms with van der Waals surface area (Å²) in [7, 11) is 0. The number of hydrogen-bond acceptors (Lipinski definition) is 3. The summed E-state index contributed by atoms with van der Waals surface area (Å²) in [6.45, 7) is 2.56. The Morgan fingerprint density at radius 3 is 2.25 bits per heavy atom. The van der Waals surface area contributed by atoms with Crippen molar-refractivity contribution in [1.29, 1.82) is 0 Å². The Hall–Kier alpha value is -2.24. The highest BCUT2D eigenvalue weighted by molar-refractivity contribution is 6.30. The monoisotopic (exact) mass is 476 g/mol. The first-order valence-electron chi connectivity index (χ1n) is 11.1. The molecule has 5 nitrogen and oxygen atoms in total. The molecule has 2 aromatic rings. The maximum Gasteiger partial charge on any atom is 0.242 e. The summed E-state index contributed by atoms with van der Waals surface area (Å²) < 4.78 is 5.70. The summed E-state index contributed by atoms with van der Waals surface area (Å²) >= 11 is 11.9. The lowest BCUT2D eigenvalue weighted by molar-refractivity contribution is -0.141. The molecule has 0 radical (unpaired) electrons. The predicted octanol–water partition coefficient (Wildman–Crippen LogP) is 5.63. The second-order valence-electron chi connectivity index (χ2n) is 8.22. The summed E-state index contributed by atoms with van der Waals surface area (Å²) in [6.07, 6.45) is 5.13. The number of nitrogens with one attached hydrogen (secondary N) is 1. The van der Waals surface area contributed by atoms with Gasteiger partial charge in [-0.05, 0) is 68.1 Å². The standard InChI is InChI=1S/C25H30Cl2N2O3/c1-18(25(31)28-22-5-2-3-6-22)29(17-19-8-10-20(26)11-9-19)24(30)7-4-16-32-23-14-12-21(27)13-15-23/h8-15,18,22H,2-7,16-17H2,1H3,(H,28,31). The van der Waals surface area contributed by atoms with E-state index in [0.29, 0.717) is 41.8 Å². The van der Waals surface area contributed by atoms with Gasteiger partial charge in [0.05, 0.1) is 6.61 Å². The number of ether oxygens (including phenoxy) is 1. The van der Waals surface area contributed by atoms with Crippen molar-refractivity contribution in [2.45, 2.75) is 64.1 Å².